The molecule has 0 N–H and O–H groups in total. The SMILES string of the molecule is CCOC(CN1CCOc2ccccc2C1)OCC. The third-order valence-corrected chi connectivity index (χ3v) is 3.14. The average Bonchev–Trinajstić information content (AvgIpc) is 2.61. The average molecular weight is 265 g/mol. The third kappa shape index (κ3) is 4.20. The van der Waals surface area contributed by atoms with Crippen LogP contribution in [0.2, 0.25) is 0 Å². The summed E-state index contributed by atoms with van der Waals surface area (Å²) in [7, 11) is 0. The Bertz CT molecular complexity index is 377. The van der Waals surface area contributed by atoms with Gasteiger partial charge in [0.05, 0.1) is 0 Å². The van der Waals surface area contributed by atoms with Crippen LogP contribution in [0.1, 0.15) is 19.4 Å². The van der Waals surface area contributed by atoms with E-state index in [1.165, 1.54) is 5.56 Å². The number of nitrogens with zero attached hydrogens (tertiary/aromatic N) is 1. The highest BCUT2D eigenvalue weighted by molar-refractivity contribution is 5.33. The summed E-state index contributed by atoms with van der Waals surface area (Å²) in [4.78, 5) is 2.32. The van der Waals surface area contributed by atoms with E-state index in [9.17, 15) is 0 Å². The van der Waals surface area contributed by atoms with Crippen LogP contribution in [0.4, 0.5) is 0 Å². The lowest BCUT2D eigenvalue weighted by Crippen LogP contribution is -2.36. The monoisotopic (exact) mass is 265 g/mol. The molecule has 0 saturated carbocycles. The van der Waals surface area contributed by atoms with Crippen molar-refractivity contribution in [1.29, 1.82) is 0 Å². The number of hydrogen-bond acceptors (Lipinski definition) is 4. The van der Waals surface area contributed by atoms with E-state index in [0.29, 0.717) is 19.8 Å². The second kappa shape index (κ2) is 7.48. The molecule has 19 heavy (non-hydrogen) atoms. The van der Waals surface area contributed by atoms with Crippen molar-refractivity contribution in [3.8, 4) is 5.75 Å². The molecule has 0 unspecified atom stereocenters. The van der Waals surface area contributed by atoms with E-state index in [2.05, 4.69) is 11.0 Å². The van der Waals surface area contributed by atoms with E-state index in [4.69, 9.17) is 14.2 Å². The number of rotatable bonds is 6. The van der Waals surface area contributed by atoms with Gasteiger partial charge in [0.1, 0.15) is 12.4 Å². The van der Waals surface area contributed by atoms with E-state index in [0.717, 1.165) is 25.4 Å². The second-order valence-electron chi connectivity index (χ2n) is 4.53. The maximum absolute atomic E-state index is 5.76. The molecule has 4 nitrogen and oxygen atoms in total. The minimum atomic E-state index is -0.153. The van der Waals surface area contributed by atoms with Crippen LogP contribution in [-0.2, 0) is 16.0 Å². The lowest BCUT2D eigenvalue weighted by molar-refractivity contribution is -0.148. The fraction of sp³-hybridized carbons (Fsp3) is 0.600. The van der Waals surface area contributed by atoms with Gasteiger partial charge in [-0.3, -0.25) is 4.90 Å². The van der Waals surface area contributed by atoms with Crippen LogP contribution < -0.4 is 4.74 Å². The van der Waals surface area contributed by atoms with Gasteiger partial charge in [-0.1, -0.05) is 18.2 Å². The van der Waals surface area contributed by atoms with Crippen LogP contribution in [0.15, 0.2) is 24.3 Å². The van der Waals surface area contributed by atoms with Crippen LogP contribution in [-0.4, -0.2) is 44.1 Å². The van der Waals surface area contributed by atoms with Gasteiger partial charge in [0.25, 0.3) is 0 Å². The fourth-order valence-corrected chi connectivity index (χ4v) is 2.27. The Morgan fingerprint density at radius 2 is 1.95 bits per heavy atom. The van der Waals surface area contributed by atoms with Crippen LogP contribution >= 0.6 is 0 Å². The largest absolute Gasteiger partial charge is 0.492 e. The summed E-state index contributed by atoms with van der Waals surface area (Å²) in [6, 6.07) is 8.21. The lowest BCUT2D eigenvalue weighted by Gasteiger charge is -2.25. The highest BCUT2D eigenvalue weighted by atomic mass is 16.7. The molecule has 0 aromatic heterocycles. The number of fused-ring (bicyclic) bond motifs is 1. The molecular weight excluding hydrogens is 242 g/mol. The number of hydrogen-bond donors (Lipinski definition) is 0. The Morgan fingerprint density at radius 3 is 2.68 bits per heavy atom. The molecule has 0 bridgehead atoms. The molecular formula is C15H23NO3. The molecule has 2 rings (SSSR count). The van der Waals surface area contributed by atoms with Gasteiger partial charge >= 0.3 is 0 Å². The van der Waals surface area contributed by atoms with Gasteiger partial charge in [-0.2, -0.15) is 0 Å². The zero-order chi connectivity index (χ0) is 13.5. The van der Waals surface area contributed by atoms with Crippen molar-refractivity contribution >= 4 is 0 Å². The standard InChI is InChI=1S/C15H23NO3/c1-3-17-15(18-4-2)12-16-9-10-19-14-8-6-5-7-13(14)11-16/h5-8,15H,3-4,9-12H2,1-2H3. The van der Waals surface area contributed by atoms with Crippen molar-refractivity contribution in [2.24, 2.45) is 0 Å². The summed E-state index contributed by atoms with van der Waals surface area (Å²) in [6.07, 6.45) is -0.153. The quantitative estimate of drug-likeness (QED) is 0.738. The van der Waals surface area contributed by atoms with Crippen molar-refractivity contribution in [1.82, 2.24) is 4.90 Å². The zero-order valence-electron chi connectivity index (χ0n) is 11.8. The minimum absolute atomic E-state index is 0.153. The first kappa shape index (κ1) is 14.3. The third-order valence-electron chi connectivity index (χ3n) is 3.14. The van der Waals surface area contributed by atoms with Crippen molar-refractivity contribution in [2.75, 3.05) is 32.9 Å². The van der Waals surface area contributed by atoms with Gasteiger partial charge in [-0.05, 0) is 19.9 Å². The Labute approximate surface area is 115 Å². The summed E-state index contributed by atoms with van der Waals surface area (Å²) < 4.78 is 17.0. The van der Waals surface area contributed by atoms with Crippen molar-refractivity contribution < 1.29 is 14.2 Å². The molecule has 0 fully saturated rings. The van der Waals surface area contributed by atoms with E-state index in [-0.39, 0.29) is 6.29 Å². The maximum Gasteiger partial charge on any atom is 0.170 e. The van der Waals surface area contributed by atoms with Gasteiger partial charge in [-0.15, -0.1) is 0 Å². The van der Waals surface area contributed by atoms with Gasteiger partial charge in [0.2, 0.25) is 0 Å². The van der Waals surface area contributed by atoms with Crippen LogP contribution in [0, 0.1) is 0 Å². The van der Waals surface area contributed by atoms with Crippen LogP contribution in [0.25, 0.3) is 0 Å². The molecule has 1 aliphatic heterocycles. The Morgan fingerprint density at radius 1 is 1.21 bits per heavy atom. The van der Waals surface area contributed by atoms with Gasteiger partial charge < -0.3 is 14.2 Å². The zero-order valence-corrected chi connectivity index (χ0v) is 11.8. The van der Waals surface area contributed by atoms with Crippen LogP contribution in [0.3, 0.4) is 0 Å². The second-order valence-corrected chi connectivity index (χ2v) is 4.53. The van der Waals surface area contributed by atoms with Gasteiger partial charge in [0, 0.05) is 38.4 Å². The first-order valence-corrected chi connectivity index (χ1v) is 6.99. The maximum atomic E-state index is 5.76. The topological polar surface area (TPSA) is 30.9 Å². The van der Waals surface area contributed by atoms with E-state index < -0.39 is 0 Å². The molecule has 0 spiro atoms. The Balaban J connectivity index is 1.97. The molecule has 0 radical (unpaired) electrons. The predicted molar refractivity (Wildman–Crippen MR) is 74.3 cm³/mol. The summed E-state index contributed by atoms with van der Waals surface area (Å²) in [6.45, 7) is 8.59. The van der Waals surface area contributed by atoms with Crippen LogP contribution in [0.5, 0.6) is 5.75 Å². The number of ether oxygens (including phenoxy) is 3. The van der Waals surface area contributed by atoms with Gasteiger partial charge in [-0.25, -0.2) is 0 Å². The Kier molecular flexibility index (Phi) is 5.63. The smallest absolute Gasteiger partial charge is 0.170 e. The molecule has 1 heterocycles. The first-order chi connectivity index (χ1) is 9.33. The summed E-state index contributed by atoms with van der Waals surface area (Å²) in [5.74, 6) is 0.995. The van der Waals surface area contributed by atoms with E-state index >= 15 is 0 Å². The van der Waals surface area contributed by atoms with Crippen molar-refractivity contribution in [3.63, 3.8) is 0 Å². The molecule has 106 valence electrons. The Hall–Kier alpha value is -1.10. The highest BCUT2D eigenvalue weighted by Crippen LogP contribution is 2.22. The molecule has 0 atom stereocenters. The molecule has 0 aliphatic carbocycles. The normalized spacial score (nSPS) is 15.9. The molecule has 0 saturated heterocycles. The number of benzene rings is 1. The van der Waals surface area contributed by atoms with E-state index in [1.54, 1.807) is 0 Å². The predicted octanol–water partition coefficient (Wildman–Crippen LogP) is 2.28. The lowest BCUT2D eigenvalue weighted by atomic mass is 10.2. The van der Waals surface area contributed by atoms with Gasteiger partial charge in [0.15, 0.2) is 6.29 Å². The summed E-state index contributed by atoms with van der Waals surface area (Å²) >= 11 is 0. The fourth-order valence-electron chi connectivity index (χ4n) is 2.27. The molecule has 1 aromatic carbocycles. The van der Waals surface area contributed by atoms with Crippen molar-refractivity contribution in [2.45, 2.75) is 26.7 Å². The first-order valence-electron chi connectivity index (χ1n) is 6.99. The molecule has 4 heteroatoms. The highest BCUT2D eigenvalue weighted by Gasteiger charge is 2.19. The minimum Gasteiger partial charge on any atom is -0.492 e. The van der Waals surface area contributed by atoms with Crippen molar-refractivity contribution in [3.05, 3.63) is 29.8 Å². The molecule has 1 aromatic rings. The molecule has 0 amide bonds. The summed E-state index contributed by atoms with van der Waals surface area (Å²) in [5, 5.41) is 0. The summed E-state index contributed by atoms with van der Waals surface area (Å²) in [5.41, 5.74) is 1.23. The molecule has 1 aliphatic rings. The number of para-hydroxylation sites is 1. The van der Waals surface area contributed by atoms with E-state index in [1.807, 2.05) is 32.0 Å².